The van der Waals surface area contributed by atoms with Gasteiger partial charge in [0.15, 0.2) is 5.82 Å². The molecule has 7 nitrogen and oxygen atoms in total. The first kappa shape index (κ1) is 21.9. The number of aromatic nitrogens is 2. The molecule has 3 rings (SSSR count). The van der Waals surface area contributed by atoms with Crippen LogP contribution in [0.5, 0.6) is 5.75 Å². The molecular weight excluding hydrogens is 382 g/mol. The fraction of sp³-hybridized carbons (Fsp3) is 0.522. The van der Waals surface area contributed by atoms with Gasteiger partial charge in [0.05, 0.1) is 12.3 Å². The molecule has 30 heavy (non-hydrogen) atoms. The molecule has 1 amide bonds. The number of esters is 1. The smallest absolute Gasteiger partial charge is 0.343 e. The summed E-state index contributed by atoms with van der Waals surface area (Å²) >= 11 is 0. The second-order valence-corrected chi connectivity index (χ2v) is 8.31. The van der Waals surface area contributed by atoms with Crippen LogP contribution in [0, 0.1) is 11.8 Å². The summed E-state index contributed by atoms with van der Waals surface area (Å²) in [5.74, 6) is 0.553. The third kappa shape index (κ3) is 4.66. The van der Waals surface area contributed by atoms with Gasteiger partial charge in [-0.3, -0.25) is 9.69 Å². The van der Waals surface area contributed by atoms with Gasteiger partial charge in [0.25, 0.3) is 0 Å². The van der Waals surface area contributed by atoms with Crippen molar-refractivity contribution >= 4 is 17.7 Å². The molecule has 7 heteroatoms. The van der Waals surface area contributed by atoms with Gasteiger partial charge in [-0.05, 0) is 76.6 Å². The van der Waals surface area contributed by atoms with E-state index in [4.69, 9.17) is 4.74 Å². The van der Waals surface area contributed by atoms with E-state index in [1.165, 1.54) is 0 Å². The second-order valence-electron chi connectivity index (χ2n) is 8.31. The van der Waals surface area contributed by atoms with Crippen LogP contribution in [0.25, 0.3) is 5.69 Å². The number of carbonyl (C=O) groups is 2. The number of rotatable bonds is 6. The van der Waals surface area contributed by atoms with Crippen LogP contribution in [0.15, 0.2) is 30.5 Å². The standard InChI is InChI=1S/C23H31N3O4/c1-5-30-23(29)20-14-25(18-10-12-19(27)13-11-18)24-21(20)26(15(2)3)22(28)17-8-6-16(4)7-9-17/h10-17,27H,5-9H2,1-4H3/t16-,17-. The summed E-state index contributed by atoms with van der Waals surface area (Å²) in [6, 6.07) is 6.34. The number of hydrogen-bond acceptors (Lipinski definition) is 5. The molecule has 0 spiro atoms. The summed E-state index contributed by atoms with van der Waals surface area (Å²) in [6.07, 6.45) is 5.38. The third-order valence-electron chi connectivity index (χ3n) is 5.65. The third-order valence-corrected chi connectivity index (χ3v) is 5.65. The van der Waals surface area contributed by atoms with Crippen LogP contribution in [0.3, 0.4) is 0 Å². The van der Waals surface area contributed by atoms with Crippen LogP contribution in [0.2, 0.25) is 0 Å². The largest absolute Gasteiger partial charge is 0.508 e. The number of carbonyl (C=O) groups excluding carboxylic acids is 2. The van der Waals surface area contributed by atoms with Gasteiger partial charge in [-0.25, -0.2) is 9.48 Å². The highest BCUT2D eigenvalue weighted by atomic mass is 16.5. The van der Waals surface area contributed by atoms with Crippen LogP contribution >= 0.6 is 0 Å². The monoisotopic (exact) mass is 413 g/mol. The number of phenols is 1. The molecule has 1 aromatic carbocycles. The van der Waals surface area contributed by atoms with Crippen molar-refractivity contribution in [3.63, 3.8) is 0 Å². The molecule has 0 radical (unpaired) electrons. The molecule has 2 aromatic rings. The zero-order valence-electron chi connectivity index (χ0n) is 18.2. The molecule has 1 heterocycles. The topological polar surface area (TPSA) is 84.7 Å². The molecule has 1 aliphatic rings. The molecule has 0 bridgehead atoms. The minimum absolute atomic E-state index is 0.0124. The van der Waals surface area contributed by atoms with Crippen molar-refractivity contribution in [1.29, 1.82) is 0 Å². The Bertz CT molecular complexity index is 880. The molecule has 0 saturated heterocycles. The maximum absolute atomic E-state index is 13.5. The number of aromatic hydroxyl groups is 1. The molecule has 1 N–H and O–H groups in total. The SMILES string of the molecule is CCOC(=O)c1cn(-c2ccc(O)cc2)nc1N(C(=O)[C@H]1CC[C@H](C)CC1)C(C)C. The molecule has 162 valence electrons. The van der Waals surface area contributed by atoms with Gasteiger partial charge in [0, 0.05) is 18.2 Å². The summed E-state index contributed by atoms with van der Waals surface area (Å²) < 4.78 is 6.78. The summed E-state index contributed by atoms with van der Waals surface area (Å²) in [7, 11) is 0. The van der Waals surface area contributed by atoms with Gasteiger partial charge in [0.2, 0.25) is 5.91 Å². The Kier molecular flexibility index (Phi) is 6.80. The fourth-order valence-electron chi connectivity index (χ4n) is 3.94. The van der Waals surface area contributed by atoms with Crippen molar-refractivity contribution in [3.05, 3.63) is 36.0 Å². The van der Waals surface area contributed by atoms with Crippen molar-refractivity contribution < 1.29 is 19.4 Å². The lowest BCUT2D eigenvalue weighted by Gasteiger charge is -2.32. The zero-order valence-corrected chi connectivity index (χ0v) is 18.2. The van der Waals surface area contributed by atoms with E-state index in [1.807, 2.05) is 13.8 Å². The summed E-state index contributed by atoms with van der Waals surface area (Å²) in [5.41, 5.74) is 0.934. The first-order valence-electron chi connectivity index (χ1n) is 10.7. The van der Waals surface area contributed by atoms with E-state index < -0.39 is 5.97 Å². The highest BCUT2D eigenvalue weighted by Crippen LogP contribution is 2.33. The number of nitrogens with zero attached hydrogens (tertiary/aromatic N) is 3. The van der Waals surface area contributed by atoms with Crippen molar-refractivity contribution in [2.75, 3.05) is 11.5 Å². The van der Waals surface area contributed by atoms with Crippen LogP contribution in [0.1, 0.15) is 63.7 Å². The molecule has 0 atom stereocenters. The Morgan fingerprint density at radius 3 is 2.40 bits per heavy atom. The number of anilines is 1. The minimum Gasteiger partial charge on any atom is -0.508 e. The van der Waals surface area contributed by atoms with E-state index in [0.717, 1.165) is 25.7 Å². The van der Waals surface area contributed by atoms with E-state index in [-0.39, 0.29) is 35.8 Å². The number of amides is 1. The first-order chi connectivity index (χ1) is 14.3. The van der Waals surface area contributed by atoms with Gasteiger partial charge in [-0.15, -0.1) is 5.10 Å². The quantitative estimate of drug-likeness (QED) is 0.713. The van der Waals surface area contributed by atoms with E-state index in [0.29, 0.717) is 17.4 Å². The summed E-state index contributed by atoms with van der Waals surface area (Å²) in [6.45, 7) is 8.06. The molecule has 1 saturated carbocycles. The molecule has 0 aliphatic heterocycles. The lowest BCUT2D eigenvalue weighted by Crippen LogP contribution is -2.43. The minimum atomic E-state index is -0.506. The predicted octanol–water partition coefficient (Wildman–Crippen LogP) is 4.32. The van der Waals surface area contributed by atoms with Gasteiger partial charge >= 0.3 is 5.97 Å². The molecule has 0 unspecified atom stereocenters. The van der Waals surface area contributed by atoms with Crippen molar-refractivity contribution in [2.24, 2.45) is 11.8 Å². The lowest BCUT2D eigenvalue weighted by molar-refractivity contribution is -0.124. The van der Waals surface area contributed by atoms with Crippen molar-refractivity contribution in [1.82, 2.24) is 9.78 Å². The Hall–Kier alpha value is -2.83. The van der Waals surface area contributed by atoms with Crippen LogP contribution in [0.4, 0.5) is 5.82 Å². The maximum Gasteiger partial charge on any atom is 0.343 e. The molecule has 1 aromatic heterocycles. The second kappa shape index (κ2) is 9.32. The van der Waals surface area contributed by atoms with E-state index in [1.54, 1.807) is 47.0 Å². The van der Waals surface area contributed by atoms with Gasteiger partial charge < -0.3 is 9.84 Å². The van der Waals surface area contributed by atoms with Crippen molar-refractivity contribution in [3.8, 4) is 11.4 Å². The van der Waals surface area contributed by atoms with Crippen LogP contribution in [-0.4, -0.2) is 39.4 Å². The van der Waals surface area contributed by atoms with E-state index >= 15 is 0 Å². The predicted molar refractivity (Wildman–Crippen MR) is 115 cm³/mol. The van der Waals surface area contributed by atoms with Gasteiger partial charge in [-0.2, -0.15) is 0 Å². The molecular formula is C23H31N3O4. The fourth-order valence-corrected chi connectivity index (χ4v) is 3.94. The van der Waals surface area contributed by atoms with E-state index in [2.05, 4.69) is 12.0 Å². The average molecular weight is 414 g/mol. The van der Waals surface area contributed by atoms with Gasteiger partial charge in [0.1, 0.15) is 11.3 Å². The normalized spacial score (nSPS) is 19.0. The lowest BCUT2D eigenvalue weighted by atomic mass is 9.82. The molecule has 1 aliphatic carbocycles. The van der Waals surface area contributed by atoms with Crippen molar-refractivity contribution in [2.45, 2.75) is 59.4 Å². The first-order valence-corrected chi connectivity index (χ1v) is 10.7. The average Bonchev–Trinajstić information content (AvgIpc) is 3.14. The van der Waals surface area contributed by atoms with Crippen LogP contribution < -0.4 is 4.90 Å². The number of ether oxygens (including phenoxy) is 1. The number of hydrogen-bond donors (Lipinski definition) is 1. The molecule has 1 fully saturated rings. The highest BCUT2D eigenvalue weighted by molar-refractivity contribution is 6.02. The summed E-state index contributed by atoms with van der Waals surface area (Å²) in [4.78, 5) is 27.8. The van der Waals surface area contributed by atoms with Crippen LogP contribution in [-0.2, 0) is 9.53 Å². The summed E-state index contributed by atoms with van der Waals surface area (Å²) in [5, 5.41) is 14.2. The van der Waals surface area contributed by atoms with E-state index in [9.17, 15) is 14.7 Å². The number of benzene rings is 1. The zero-order chi connectivity index (χ0) is 21.8. The maximum atomic E-state index is 13.5. The number of phenolic OH excluding ortho intramolecular Hbond substituents is 1. The Balaban J connectivity index is 2.01. The Morgan fingerprint density at radius 1 is 1.20 bits per heavy atom. The Morgan fingerprint density at radius 2 is 1.83 bits per heavy atom. The van der Waals surface area contributed by atoms with Gasteiger partial charge in [-0.1, -0.05) is 6.92 Å². The Labute approximate surface area is 177 Å². The highest BCUT2D eigenvalue weighted by Gasteiger charge is 2.34.